The van der Waals surface area contributed by atoms with Crippen molar-refractivity contribution in [3.05, 3.63) is 48.0 Å². The number of aromatic nitrogens is 2. The molecule has 0 aliphatic carbocycles. The molecule has 1 saturated heterocycles. The molecule has 3 rings (SSSR count). The van der Waals surface area contributed by atoms with Gasteiger partial charge in [0.15, 0.2) is 0 Å². The molecule has 9 heteroatoms. The summed E-state index contributed by atoms with van der Waals surface area (Å²) in [5, 5.41) is 13.8. The van der Waals surface area contributed by atoms with Gasteiger partial charge in [-0.25, -0.2) is 9.07 Å². The molecule has 0 saturated carbocycles. The number of hydrogen-bond donors (Lipinski definition) is 1. The van der Waals surface area contributed by atoms with E-state index in [1.54, 1.807) is 29.1 Å². The molecule has 27 heavy (non-hydrogen) atoms. The summed E-state index contributed by atoms with van der Waals surface area (Å²) in [5.41, 5.74) is -1.87. The zero-order valence-electron chi connectivity index (χ0n) is 14.6. The molecule has 0 spiro atoms. The van der Waals surface area contributed by atoms with Gasteiger partial charge in [0.1, 0.15) is 5.82 Å². The number of carbonyl (C=O) groups is 1. The number of halogens is 4. The molecule has 146 valence electrons. The van der Waals surface area contributed by atoms with Crippen LogP contribution in [0.3, 0.4) is 0 Å². The average Bonchev–Trinajstić information content (AvgIpc) is 3.10. The molecule has 2 aromatic rings. The van der Waals surface area contributed by atoms with Crippen molar-refractivity contribution in [2.75, 3.05) is 13.1 Å². The monoisotopic (exact) mass is 385 g/mol. The van der Waals surface area contributed by atoms with E-state index in [-0.39, 0.29) is 24.8 Å². The number of alkyl halides is 3. The molecule has 2 heterocycles. The van der Waals surface area contributed by atoms with Crippen LogP contribution in [-0.4, -0.2) is 50.6 Å². The molecule has 0 unspecified atom stereocenters. The summed E-state index contributed by atoms with van der Waals surface area (Å²) in [6.45, 7) is 0.680. The third-order valence-electron chi connectivity index (χ3n) is 4.91. The minimum Gasteiger partial charge on any atom is -0.373 e. The van der Waals surface area contributed by atoms with Crippen LogP contribution >= 0.6 is 0 Å². The predicted molar refractivity (Wildman–Crippen MR) is 88.8 cm³/mol. The number of benzene rings is 1. The number of hydrogen-bond acceptors (Lipinski definition) is 3. The van der Waals surface area contributed by atoms with E-state index in [0.29, 0.717) is 25.5 Å². The SMILES string of the molecule is C[C@@](O)(C(=O)N1CCC(c2ccnn2-c2ccc(F)cc2)CC1)C(F)(F)F. The third kappa shape index (κ3) is 3.69. The lowest BCUT2D eigenvalue weighted by molar-refractivity contribution is -0.250. The summed E-state index contributed by atoms with van der Waals surface area (Å²) < 4.78 is 53.4. The van der Waals surface area contributed by atoms with E-state index in [4.69, 9.17) is 0 Å². The van der Waals surface area contributed by atoms with E-state index in [9.17, 15) is 27.5 Å². The Labute approximate surface area is 153 Å². The van der Waals surface area contributed by atoms with Gasteiger partial charge in [0.05, 0.1) is 5.69 Å². The van der Waals surface area contributed by atoms with Gasteiger partial charge in [-0.05, 0) is 50.1 Å². The van der Waals surface area contributed by atoms with E-state index < -0.39 is 17.7 Å². The fraction of sp³-hybridized carbons (Fsp3) is 0.444. The zero-order valence-corrected chi connectivity index (χ0v) is 14.6. The van der Waals surface area contributed by atoms with E-state index in [1.165, 1.54) is 12.1 Å². The second kappa shape index (κ2) is 6.95. The van der Waals surface area contributed by atoms with Crippen molar-refractivity contribution in [3.63, 3.8) is 0 Å². The van der Waals surface area contributed by atoms with Crippen molar-refractivity contribution in [2.24, 2.45) is 0 Å². The van der Waals surface area contributed by atoms with Crippen molar-refractivity contribution >= 4 is 5.91 Å². The highest BCUT2D eigenvalue weighted by Gasteiger charge is 2.57. The number of rotatable bonds is 3. The van der Waals surface area contributed by atoms with Crippen molar-refractivity contribution in [1.29, 1.82) is 0 Å². The van der Waals surface area contributed by atoms with Gasteiger partial charge in [-0.3, -0.25) is 4.79 Å². The first-order chi connectivity index (χ1) is 12.6. The largest absolute Gasteiger partial charge is 0.426 e. The fourth-order valence-electron chi connectivity index (χ4n) is 3.23. The van der Waals surface area contributed by atoms with Gasteiger partial charge in [0.2, 0.25) is 5.60 Å². The maximum absolute atomic E-state index is 13.1. The molecule has 1 atom stereocenters. The van der Waals surface area contributed by atoms with Crippen molar-refractivity contribution < 1.29 is 27.5 Å². The second-order valence-corrected chi connectivity index (χ2v) is 6.78. The summed E-state index contributed by atoms with van der Waals surface area (Å²) in [7, 11) is 0. The number of aliphatic hydroxyl groups is 1. The van der Waals surface area contributed by atoms with Crippen molar-refractivity contribution in [1.82, 2.24) is 14.7 Å². The molecule has 0 bridgehead atoms. The first kappa shape index (κ1) is 19.3. The van der Waals surface area contributed by atoms with Gasteiger partial charge in [0.25, 0.3) is 5.91 Å². The van der Waals surface area contributed by atoms with E-state index in [0.717, 1.165) is 10.6 Å². The lowest BCUT2D eigenvalue weighted by Crippen LogP contribution is -2.57. The normalized spacial score (nSPS) is 18.4. The molecule has 1 amide bonds. The highest BCUT2D eigenvalue weighted by molar-refractivity contribution is 5.85. The second-order valence-electron chi connectivity index (χ2n) is 6.78. The lowest BCUT2D eigenvalue weighted by atomic mass is 9.92. The minimum absolute atomic E-state index is 0.0163. The van der Waals surface area contributed by atoms with Gasteiger partial charge < -0.3 is 10.0 Å². The number of nitrogens with zero attached hydrogens (tertiary/aromatic N) is 3. The van der Waals surface area contributed by atoms with Crippen LogP contribution in [0.4, 0.5) is 17.6 Å². The van der Waals surface area contributed by atoms with E-state index in [2.05, 4.69) is 5.10 Å². The van der Waals surface area contributed by atoms with Crippen LogP contribution in [0.2, 0.25) is 0 Å². The van der Waals surface area contributed by atoms with Crippen LogP contribution in [0.15, 0.2) is 36.5 Å². The molecular weight excluding hydrogens is 366 g/mol. The van der Waals surface area contributed by atoms with Crippen molar-refractivity contribution in [2.45, 2.75) is 37.5 Å². The standard InChI is InChI=1S/C18H19F4N3O2/c1-17(27,18(20,21)22)16(26)24-10-7-12(8-11-24)15-6-9-23-25(15)14-4-2-13(19)3-5-14/h2-6,9,12,27H,7-8,10-11H2,1H3/t17-/m1/s1. The van der Waals surface area contributed by atoms with Gasteiger partial charge in [0, 0.05) is 30.9 Å². The van der Waals surface area contributed by atoms with Gasteiger partial charge >= 0.3 is 6.18 Å². The van der Waals surface area contributed by atoms with Gasteiger partial charge in [-0.15, -0.1) is 0 Å². The number of likely N-dealkylation sites (tertiary alicyclic amines) is 1. The molecule has 1 fully saturated rings. The quantitative estimate of drug-likeness (QED) is 0.827. The molecule has 1 N–H and O–H groups in total. The van der Waals surface area contributed by atoms with Gasteiger partial charge in [-0.1, -0.05) is 0 Å². The summed E-state index contributed by atoms with van der Waals surface area (Å²) >= 11 is 0. The molecule has 1 aromatic carbocycles. The summed E-state index contributed by atoms with van der Waals surface area (Å²) in [6.07, 6.45) is -2.55. The first-order valence-electron chi connectivity index (χ1n) is 8.49. The van der Waals surface area contributed by atoms with E-state index >= 15 is 0 Å². The maximum Gasteiger partial charge on any atom is 0.426 e. The summed E-state index contributed by atoms with van der Waals surface area (Å²) in [6, 6.07) is 7.62. The Hall–Kier alpha value is -2.42. The van der Waals surface area contributed by atoms with Crippen LogP contribution in [0, 0.1) is 5.82 Å². The Morgan fingerprint density at radius 1 is 1.15 bits per heavy atom. The van der Waals surface area contributed by atoms with Crippen LogP contribution in [-0.2, 0) is 4.79 Å². The van der Waals surface area contributed by atoms with Gasteiger partial charge in [-0.2, -0.15) is 18.3 Å². The highest BCUT2D eigenvalue weighted by atomic mass is 19.4. The molecule has 5 nitrogen and oxygen atoms in total. The Balaban J connectivity index is 1.71. The Bertz CT molecular complexity index is 807. The topological polar surface area (TPSA) is 58.4 Å². The molecule has 1 aliphatic heterocycles. The average molecular weight is 385 g/mol. The van der Waals surface area contributed by atoms with Crippen LogP contribution in [0.5, 0.6) is 0 Å². The van der Waals surface area contributed by atoms with Crippen LogP contribution in [0.1, 0.15) is 31.4 Å². The smallest absolute Gasteiger partial charge is 0.373 e. The Kier molecular flexibility index (Phi) is 4.98. The number of carbonyl (C=O) groups excluding carboxylic acids is 1. The first-order valence-corrected chi connectivity index (χ1v) is 8.49. The van der Waals surface area contributed by atoms with Crippen LogP contribution in [0.25, 0.3) is 5.69 Å². The number of amides is 1. The number of piperidine rings is 1. The molecule has 0 radical (unpaired) electrons. The lowest BCUT2D eigenvalue weighted by Gasteiger charge is -2.36. The fourth-order valence-corrected chi connectivity index (χ4v) is 3.23. The predicted octanol–water partition coefficient (Wildman–Crippen LogP) is 3.03. The van der Waals surface area contributed by atoms with E-state index in [1.807, 2.05) is 0 Å². The summed E-state index contributed by atoms with van der Waals surface area (Å²) in [5.74, 6) is -1.71. The Morgan fingerprint density at radius 2 is 1.74 bits per heavy atom. The molecule has 1 aliphatic rings. The maximum atomic E-state index is 13.1. The molecule has 1 aromatic heterocycles. The minimum atomic E-state index is -5.03. The Morgan fingerprint density at radius 3 is 2.30 bits per heavy atom. The van der Waals surface area contributed by atoms with Crippen LogP contribution < -0.4 is 0 Å². The summed E-state index contributed by atoms with van der Waals surface area (Å²) in [4.78, 5) is 13.1. The highest BCUT2D eigenvalue weighted by Crippen LogP contribution is 2.34. The van der Waals surface area contributed by atoms with Crippen molar-refractivity contribution in [3.8, 4) is 5.69 Å². The third-order valence-corrected chi connectivity index (χ3v) is 4.91. The molecular formula is C18H19F4N3O2. The zero-order chi connectivity index (χ0) is 19.8.